The molecule has 2 aromatic rings. The van der Waals surface area contributed by atoms with Crippen LogP contribution in [0.15, 0.2) is 47.1 Å². The Labute approximate surface area is 149 Å². The molecular weight excluding hydrogens is 407 g/mol. The van der Waals surface area contributed by atoms with Gasteiger partial charge in [-0.25, -0.2) is 4.79 Å². The SMILES string of the molecule is C[n+]1ccc(COC(=O)c2ccc(Br)cc2)cc1C#N.F[B-](F)(F)F. The lowest BCUT2D eigenvalue weighted by atomic mass is 10.2. The number of hydrogen-bond acceptors (Lipinski definition) is 3. The van der Waals surface area contributed by atoms with Crippen LogP contribution in [0.5, 0.6) is 0 Å². The number of rotatable bonds is 3. The van der Waals surface area contributed by atoms with E-state index >= 15 is 0 Å². The van der Waals surface area contributed by atoms with Gasteiger partial charge in [0.2, 0.25) is 0 Å². The fourth-order valence-electron chi connectivity index (χ4n) is 1.63. The molecule has 0 spiro atoms. The van der Waals surface area contributed by atoms with Gasteiger partial charge < -0.3 is 22.0 Å². The van der Waals surface area contributed by atoms with Crippen LogP contribution in [0.4, 0.5) is 17.3 Å². The summed E-state index contributed by atoms with van der Waals surface area (Å²) in [4.78, 5) is 11.8. The molecule has 1 aromatic heterocycles. The number of aryl methyl sites for hydroxylation is 1. The number of pyridine rings is 1. The van der Waals surface area contributed by atoms with Gasteiger partial charge in [-0.05, 0) is 24.3 Å². The van der Waals surface area contributed by atoms with Crippen molar-refractivity contribution in [3.8, 4) is 6.07 Å². The van der Waals surface area contributed by atoms with Gasteiger partial charge in [-0.2, -0.15) is 9.83 Å². The van der Waals surface area contributed by atoms with Gasteiger partial charge in [-0.15, -0.1) is 0 Å². The summed E-state index contributed by atoms with van der Waals surface area (Å²) >= 11 is 3.31. The third kappa shape index (κ3) is 8.31. The summed E-state index contributed by atoms with van der Waals surface area (Å²) in [6.45, 7) is 0.143. The molecular formula is C15H12BBrF4N2O2. The molecule has 10 heteroatoms. The first-order valence-corrected chi connectivity index (χ1v) is 7.58. The van der Waals surface area contributed by atoms with Crippen molar-refractivity contribution in [2.24, 2.45) is 7.05 Å². The molecule has 0 saturated heterocycles. The van der Waals surface area contributed by atoms with Crippen molar-refractivity contribution >= 4 is 29.2 Å². The smallest absolute Gasteiger partial charge is 0.457 e. The van der Waals surface area contributed by atoms with Gasteiger partial charge in [-0.1, -0.05) is 15.9 Å². The Hall–Kier alpha value is -2.41. The van der Waals surface area contributed by atoms with Gasteiger partial charge in [0.1, 0.15) is 13.7 Å². The normalized spacial score (nSPS) is 10.3. The van der Waals surface area contributed by atoms with E-state index in [1.165, 1.54) is 0 Å². The van der Waals surface area contributed by atoms with Gasteiger partial charge in [-0.3, -0.25) is 0 Å². The second-order valence-electron chi connectivity index (χ2n) is 4.72. The van der Waals surface area contributed by atoms with E-state index in [0.29, 0.717) is 11.3 Å². The Bertz CT molecular complexity index is 771. The van der Waals surface area contributed by atoms with E-state index in [1.807, 2.05) is 6.07 Å². The van der Waals surface area contributed by atoms with E-state index in [2.05, 4.69) is 22.0 Å². The van der Waals surface area contributed by atoms with Crippen molar-refractivity contribution in [2.45, 2.75) is 6.61 Å². The second-order valence-corrected chi connectivity index (χ2v) is 5.64. The lowest BCUT2D eigenvalue weighted by Crippen LogP contribution is -2.31. The third-order valence-electron chi connectivity index (χ3n) is 2.78. The lowest BCUT2D eigenvalue weighted by molar-refractivity contribution is -0.674. The van der Waals surface area contributed by atoms with Crippen LogP contribution >= 0.6 is 15.9 Å². The number of nitriles is 1. The molecule has 0 aliphatic heterocycles. The fourth-order valence-corrected chi connectivity index (χ4v) is 1.90. The standard InChI is InChI=1S/C15H12BrN2O2.BF4/c1-18-7-6-11(8-14(18)9-17)10-20-15(19)12-2-4-13(16)5-3-12;2-1(3,4)5/h2-8H,10H2,1H3;/q+1;-1. The maximum atomic E-state index is 11.8. The maximum Gasteiger partial charge on any atom is 0.673 e. The number of ether oxygens (including phenoxy) is 1. The van der Waals surface area contributed by atoms with E-state index in [4.69, 9.17) is 10.00 Å². The first-order valence-electron chi connectivity index (χ1n) is 6.79. The summed E-state index contributed by atoms with van der Waals surface area (Å²) in [6.07, 6.45) is 1.77. The summed E-state index contributed by atoms with van der Waals surface area (Å²) in [5.74, 6) is -0.385. The van der Waals surface area contributed by atoms with Crippen LogP contribution in [-0.4, -0.2) is 13.2 Å². The van der Waals surface area contributed by atoms with Crippen LogP contribution < -0.4 is 4.57 Å². The van der Waals surface area contributed by atoms with E-state index in [-0.39, 0.29) is 12.6 Å². The molecule has 0 amide bonds. The highest BCUT2D eigenvalue weighted by Gasteiger charge is 2.20. The minimum Gasteiger partial charge on any atom is -0.457 e. The maximum absolute atomic E-state index is 11.8. The zero-order chi connectivity index (χ0) is 19.0. The summed E-state index contributed by atoms with van der Waals surface area (Å²) in [7, 11) is -4.21. The van der Waals surface area contributed by atoms with Crippen molar-refractivity contribution in [2.75, 3.05) is 0 Å². The molecule has 0 bridgehead atoms. The first-order chi connectivity index (χ1) is 11.6. The molecule has 0 aliphatic rings. The van der Waals surface area contributed by atoms with Crippen molar-refractivity contribution in [3.05, 3.63) is 63.9 Å². The largest absolute Gasteiger partial charge is 0.673 e. The Morgan fingerprint density at radius 2 is 1.80 bits per heavy atom. The molecule has 4 nitrogen and oxygen atoms in total. The Kier molecular flexibility index (Phi) is 7.58. The highest BCUT2D eigenvalue weighted by atomic mass is 79.9. The van der Waals surface area contributed by atoms with Crippen LogP contribution in [0.2, 0.25) is 0 Å². The number of aromatic nitrogens is 1. The molecule has 0 radical (unpaired) electrons. The molecule has 25 heavy (non-hydrogen) atoms. The minimum atomic E-state index is -6.00. The number of carbonyl (C=O) groups excluding carboxylic acids is 1. The molecule has 0 atom stereocenters. The zero-order valence-corrected chi connectivity index (χ0v) is 14.5. The highest BCUT2D eigenvalue weighted by molar-refractivity contribution is 9.10. The van der Waals surface area contributed by atoms with Crippen LogP contribution in [-0.2, 0) is 18.4 Å². The number of esters is 1. The van der Waals surface area contributed by atoms with Crippen LogP contribution in [0, 0.1) is 11.3 Å². The number of hydrogen-bond donors (Lipinski definition) is 0. The topological polar surface area (TPSA) is 54.0 Å². The van der Waals surface area contributed by atoms with Crippen molar-refractivity contribution in [3.63, 3.8) is 0 Å². The lowest BCUT2D eigenvalue weighted by Gasteiger charge is -2.05. The zero-order valence-electron chi connectivity index (χ0n) is 12.9. The Morgan fingerprint density at radius 1 is 1.24 bits per heavy atom. The molecule has 0 aliphatic carbocycles. The predicted octanol–water partition coefficient (Wildman–Crippen LogP) is 3.80. The van der Waals surface area contributed by atoms with Crippen molar-refractivity contribution in [1.82, 2.24) is 0 Å². The van der Waals surface area contributed by atoms with Crippen LogP contribution in [0.1, 0.15) is 21.6 Å². The summed E-state index contributed by atoms with van der Waals surface area (Å²) < 4.78 is 46.8. The van der Waals surface area contributed by atoms with Gasteiger partial charge in [0.05, 0.1) is 5.56 Å². The Balaban J connectivity index is 0.000000550. The molecule has 132 valence electrons. The fraction of sp³-hybridized carbons (Fsp3) is 0.133. The monoisotopic (exact) mass is 418 g/mol. The quantitative estimate of drug-likeness (QED) is 0.329. The first kappa shape index (κ1) is 20.6. The molecule has 1 heterocycles. The molecule has 0 unspecified atom stereocenters. The molecule has 0 saturated carbocycles. The minimum absolute atomic E-state index is 0.143. The molecule has 0 fully saturated rings. The van der Waals surface area contributed by atoms with Crippen LogP contribution in [0.3, 0.4) is 0 Å². The number of nitrogens with zero attached hydrogens (tertiary/aromatic N) is 2. The highest BCUT2D eigenvalue weighted by Crippen LogP contribution is 2.12. The van der Waals surface area contributed by atoms with E-state index < -0.39 is 7.25 Å². The number of carbonyl (C=O) groups is 1. The molecule has 0 N–H and O–H groups in total. The van der Waals surface area contributed by atoms with E-state index in [0.717, 1.165) is 10.0 Å². The third-order valence-corrected chi connectivity index (χ3v) is 3.31. The van der Waals surface area contributed by atoms with E-state index in [9.17, 15) is 22.1 Å². The van der Waals surface area contributed by atoms with Crippen LogP contribution in [0.25, 0.3) is 0 Å². The average Bonchev–Trinajstić information content (AvgIpc) is 2.53. The van der Waals surface area contributed by atoms with Gasteiger partial charge in [0.15, 0.2) is 12.3 Å². The van der Waals surface area contributed by atoms with Gasteiger partial charge in [0, 0.05) is 22.2 Å². The summed E-state index contributed by atoms with van der Waals surface area (Å²) in [6, 6.07) is 12.6. The summed E-state index contributed by atoms with van der Waals surface area (Å²) in [5, 5.41) is 8.94. The summed E-state index contributed by atoms with van der Waals surface area (Å²) in [5.41, 5.74) is 1.79. The van der Waals surface area contributed by atoms with Crippen molar-refractivity contribution < 1.29 is 31.4 Å². The number of halogens is 5. The molecule has 1 aromatic carbocycles. The van der Waals surface area contributed by atoms with E-state index in [1.54, 1.807) is 48.1 Å². The van der Waals surface area contributed by atoms with Gasteiger partial charge in [0.25, 0.3) is 5.69 Å². The predicted molar refractivity (Wildman–Crippen MR) is 85.8 cm³/mol. The average molecular weight is 419 g/mol. The Morgan fingerprint density at radius 3 is 2.32 bits per heavy atom. The van der Waals surface area contributed by atoms with Crippen molar-refractivity contribution in [1.29, 1.82) is 5.26 Å². The van der Waals surface area contributed by atoms with Gasteiger partial charge >= 0.3 is 13.2 Å². The molecule has 2 rings (SSSR count). The number of benzene rings is 1. The second kappa shape index (κ2) is 9.18.